The van der Waals surface area contributed by atoms with Gasteiger partial charge in [0.2, 0.25) is 0 Å². The van der Waals surface area contributed by atoms with Gasteiger partial charge in [-0.15, -0.1) is 0 Å². The van der Waals surface area contributed by atoms with E-state index in [1.54, 1.807) is 24.3 Å². The minimum Gasteiger partial charge on any atom is -0.484 e. The number of amides is 2. The summed E-state index contributed by atoms with van der Waals surface area (Å²) in [6.45, 7) is 3.88. The number of halogens is 2. The standard InChI is InChI=1S/C31H40Cl2N2O4/c1-20-15-24(32)7-13-28(20)38-18-30(36)34-26-9-3-22(4-10-26)17-23-5-11-27(12-6-23)35-31(37)19-39-29-14-8-25(33)16-21(29)2/h7-8,13-16,22-23,26-27H,3-6,9-12,17-19H2,1-2H3,(H,34,36)(H,35,37). The maximum Gasteiger partial charge on any atom is 0.258 e. The summed E-state index contributed by atoms with van der Waals surface area (Å²) in [6, 6.07) is 11.3. The Morgan fingerprint density at radius 1 is 0.692 bits per heavy atom. The molecule has 0 radical (unpaired) electrons. The lowest BCUT2D eigenvalue weighted by molar-refractivity contribution is -0.124. The number of carbonyl (C=O) groups excluding carboxylic acids is 2. The van der Waals surface area contributed by atoms with Crippen LogP contribution >= 0.6 is 23.2 Å². The Bertz CT molecular complexity index is 1040. The summed E-state index contributed by atoms with van der Waals surface area (Å²) in [5.74, 6) is 2.68. The molecule has 0 heterocycles. The fourth-order valence-corrected chi connectivity index (χ4v) is 6.38. The van der Waals surface area contributed by atoms with Crippen molar-refractivity contribution in [3.63, 3.8) is 0 Å². The molecule has 0 bridgehead atoms. The summed E-state index contributed by atoms with van der Waals surface area (Å²) in [7, 11) is 0. The first-order chi connectivity index (χ1) is 18.7. The van der Waals surface area contributed by atoms with Gasteiger partial charge in [0.25, 0.3) is 11.8 Å². The molecule has 0 atom stereocenters. The predicted octanol–water partition coefficient (Wildman–Crippen LogP) is 6.81. The Morgan fingerprint density at radius 2 is 1.08 bits per heavy atom. The number of hydrogen-bond acceptors (Lipinski definition) is 4. The molecule has 0 unspecified atom stereocenters. The van der Waals surface area contributed by atoms with E-state index in [1.165, 1.54) is 6.42 Å². The second kappa shape index (κ2) is 14.3. The van der Waals surface area contributed by atoms with E-state index in [-0.39, 0.29) is 37.1 Å². The maximum absolute atomic E-state index is 12.4. The van der Waals surface area contributed by atoms with Gasteiger partial charge in [0, 0.05) is 22.1 Å². The normalized spacial score (nSPS) is 23.1. The molecule has 2 saturated carbocycles. The Balaban J connectivity index is 1.08. The first-order valence-electron chi connectivity index (χ1n) is 14.1. The van der Waals surface area contributed by atoms with Crippen LogP contribution in [0.5, 0.6) is 11.5 Å². The van der Waals surface area contributed by atoms with Crippen molar-refractivity contribution in [2.45, 2.75) is 83.7 Å². The highest BCUT2D eigenvalue weighted by Crippen LogP contribution is 2.35. The van der Waals surface area contributed by atoms with Gasteiger partial charge in [-0.1, -0.05) is 23.2 Å². The molecular weight excluding hydrogens is 535 g/mol. The summed E-state index contributed by atoms with van der Waals surface area (Å²) < 4.78 is 11.4. The lowest BCUT2D eigenvalue weighted by Gasteiger charge is -2.34. The van der Waals surface area contributed by atoms with Gasteiger partial charge in [0.05, 0.1) is 0 Å². The minimum atomic E-state index is -0.0677. The highest BCUT2D eigenvalue weighted by Gasteiger charge is 2.28. The number of benzene rings is 2. The van der Waals surface area contributed by atoms with E-state index in [0.29, 0.717) is 21.5 Å². The van der Waals surface area contributed by atoms with Gasteiger partial charge >= 0.3 is 0 Å². The average molecular weight is 576 g/mol. The molecule has 2 aromatic rings. The van der Waals surface area contributed by atoms with Crippen LogP contribution in [0.15, 0.2) is 36.4 Å². The van der Waals surface area contributed by atoms with E-state index in [4.69, 9.17) is 32.7 Å². The fourth-order valence-electron chi connectivity index (χ4n) is 5.93. The number of ether oxygens (including phenoxy) is 2. The number of nitrogens with one attached hydrogen (secondary N) is 2. The first kappa shape index (κ1) is 29.5. The average Bonchev–Trinajstić information content (AvgIpc) is 2.90. The quantitative estimate of drug-likeness (QED) is 0.327. The van der Waals surface area contributed by atoms with Crippen LogP contribution < -0.4 is 20.1 Å². The zero-order valence-corrected chi connectivity index (χ0v) is 24.5. The highest BCUT2D eigenvalue weighted by atomic mass is 35.5. The molecule has 212 valence electrons. The summed E-state index contributed by atoms with van der Waals surface area (Å²) in [5, 5.41) is 7.61. The van der Waals surface area contributed by atoms with E-state index >= 15 is 0 Å². The molecule has 39 heavy (non-hydrogen) atoms. The van der Waals surface area contributed by atoms with Crippen molar-refractivity contribution >= 4 is 35.0 Å². The Morgan fingerprint density at radius 3 is 1.44 bits per heavy atom. The van der Waals surface area contributed by atoms with Crippen LogP contribution in [0.25, 0.3) is 0 Å². The summed E-state index contributed by atoms with van der Waals surface area (Å²) in [4.78, 5) is 24.8. The molecule has 2 aliphatic rings. The molecule has 4 rings (SSSR count). The molecule has 2 aliphatic carbocycles. The zero-order valence-electron chi connectivity index (χ0n) is 22.9. The SMILES string of the molecule is Cc1cc(Cl)ccc1OCC(=O)NC1CCC(CC2CCC(NC(=O)COc3ccc(Cl)cc3C)CC2)CC1. The highest BCUT2D eigenvalue weighted by molar-refractivity contribution is 6.31. The number of hydrogen-bond donors (Lipinski definition) is 2. The van der Waals surface area contributed by atoms with E-state index in [2.05, 4.69) is 10.6 Å². The summed E-state index contributed by atoms with van der Waals surface area (Å²) in [5.41, 5.74) is 1.84. The van der Waals surface area contributed by atoms with E-state index < -0.39 is 0 Å². The largest absolute Gasteiger partial charge is 0.484 e. The van der Waals surface area contributed by atoms with Gasteiger partial charge in [-0.3, -0.25) is 9.59 Å². The van der Waals surface area contributed by atoms with Crippen LogP contribution in [0.4, 0.5) is 0 Å². The molecule has 2 amide bonds. The molecular formula is C31H40Cl2N2O4. The number of rotatable bonds is 10. The first-order valence-corrected chi connectivity index (χ1v) is 14.9. The van der Waals surface area contributed by atoms with Crippen LogP contribution in [-0.2, 0) is 9.59 Å². The van der Waals surface area contributed by atoms with Crippen molar-refractivity contribution in [1.82, 2.24) is 10.6 Å². The van der Waals surface area contributed by atoms with E-state index in [0.717, 1.165) is 74.3 Å². The van der Waals surface area contributed by atoms with Crippen molar-refractivity contribution < 1.29 is 19.1 Å². The van der Waals surface area contributed by atoms with E-state index in [1.807, 2.05) is 26.0 Å². The van der Waals surface area contributed by atoms with Gasteiger partial charge in [0.1, 0.15) is 11.5 Å². The Hall–Kier alpha value is -2.44. The third-order valence-corrected chi connectivity index (χ3v) is 8.55. The van der Waals surface area contributed by atoms with Gasteiger partial charge in [-0.05, 0) is 131 Å². The molecule has 8 heteroatoms. The van der Waals surface area contributed by atoms with Crippen LogP contribution in [-0.4, -0.2) is 37.1 Å². The monoisotopic (exact) mass is 574 g/mol. The van der Waals surface area contributed by atoms with Crippen molar-refractivity contribution in [1.29, 1.82) is 0 Å². The summed E-state index contributed by atoms with van der Waals surface area (Å²) in [6.07, 6.45) is 9.95. The second-order valence-corrected chi connectivity index (χ2v) is 12.1. The van der Waals surface area contributed by atoms with Crippen molar-refractivity contribution in [3.05, 3.63) is 57.6 Å². The Kier molecular flexibility index (Phi) is 10.8. The molecule has 2 fully saturated rings. The van der Waals surface area contributed by atoms with Crippen molar-refractivity contribution in [2.75, 3.05) is 13.2 Å². The second-order valence-electron chi connectivity index (χ2n) is 11.2. The third kappa shape index (κ3) is 9.32. The smallest absolute Gasteiger partial charge is 0.258 e. The Labute approximate surface area is 242 Å². The van der Waals surface area contributed by atoms with Gasteiger partial charge in [0.15, 0.2) is 13.2 Å². The number of aryl methyl sites for hydroxylation is 2. The topological polar surface area (TPSA) is 76.7 Å². The van der Waals surface area contributed by atoms with Gasteiger partial charge in [-0.25, -0.2) is 0 Å². The van der Waals surface area contributed by atoms with Crippen LogP contribution in [0.2, 0.25) is 10.0 Å². The zero-order chi connectivity index (χ0) is 27.8. The van der Waals surface area contributed by atoms with Crippen LogP contribution in [0.3, 0.4) is 0 Å². The van der Waals surface area contributed by atoms with Gasteiger partial charge < -0.3 is 20.1 Å². The fraction of sp³-hybridized carbons (Fsp3) is 0.548. The van der Waals surface area contributed by atoms with Crippen molar-refractivity contribution in [2.24, 2.45) is 11.8 Å². The van der Waals surface area contributed by atoms with Crippen LogP contribution in [0.1, 0.15) is 68.9 Å². The minimum absolute atomic E-state index is 0.0229. The maximum atomic E-state index is 12.4. The predicted molar refractivity (Wildman–Crippen MR) is 156 cm³/mol. The molecule has 2 aromatic carbocycles. The van der Waals surface area contributed by atoms with Crippen molar-refractivity contribution in [3.8, 4) is 11.5 Å². The van der Waals surface area contributed by atoms with E-state index in [9.17, 15) is 9.59 Å². The third-order valence-electron chi connectivity index (χ3n) is 8.08. The molecule has 0 aromatic heterocycles. The molecule has 0 aliphatic heterocycles. The summed E-state index contributed by atoms with van der Waals surface area (Å²) >= 11 is 12.0. The number of carbonyl (C=O) groups is 2. The lowest BCUT2D eigenvalue weighted by Crippen LogP contribution is -2.41. The molecule has 0 saturated heterocycles. The molecule has 6 nitrogen and oxygen atoms in total. The molecule has 2 N–H and O–H groups in total. The molecule has 0 spiro atoms. The van der Waals surface area contributed by atoms with Crippen LogP contribution in [0, 0.1) is 25.7 Å². The lowest BCUT2D eigenvalue weighted by atomic mass is 9.75. The van der Waals surface area contributed by atoms with Gasteiger partial charge in [-0.2, -0.15) is 0 Å².